The summed E-state index contributed by atoms with van der Waals surface area (Å²) in [6, 6.07) is 0. The maximum atomic E-state index is 4.15. The molecule has 0 aliphatic carbocycles. The van der Waals surface area contributed by atoms with Crippen LogP contribution < -0.4 is 10.6 Å². The van der Waals surface area contributed by atoms with Gasteiger partial charge in [-0.05, 0) is 12.3 Å². The summed E-state index contributed by atoms with van der Waals surface area (Å²) in [6.45, 7) is 5.96. The molecule has 1 aromatic heterocycles. The van der Waals surface area contributed by atoms with Crippen molar-refractivity contribution < 1.29 is 0 Å². The van der Waals surface area contributed by atoms with Gasteiger partial charge >= 0.3 is 0 Å². The molecule has 7 heteroatoms. The summed E-state index contributed by atoms with van der Waals surface area (Å²) >= 11 is 0. The molecule has 0 radical (unpaired) electrons. The van der Waals surface area contributed by atoms with E-state index in [0.29, 0.717) is 12.5 Å². The van der Waals surface area contributed by atoms with Crippen molar-refractivity contribution in [3.05, 3.63) is 12.2 Å². The van der Waals surface area contributed by atoms with E-state index >= 15 is 0 Å². The summed E-state index contributed by atoms with van der Waals surface area (Å²) in [5.41, 5.74) is 0. The number of rotatable bonds is 5. The molecular weight excluding hydrogens is 343 g/mol. The van der Waals surface area contributed by atoms with Gasteiger partial charge in [0.2, 0.25) is 0 Å². The molecule has 0 aromatic carbocycles. The molecule has 0 saturated carbocycles. The predicted molar refractivity (Wildman–Crippen MR) is 84.1 cm³/mol. The summed E-state index contributed by atoms with van der Waals surface area (Å²) in [4.78, 5) is 8.29. The standard InChI is InChI=1S/C11H22N6.HI/c1-9(2)5-6-13-11(12-3)14-7-10-15-8-16-17(10)4;/h8-9H,5-7H2,1-4H3,(H2,12,13,14);1H. The van der Waals surface area contributed by atoms with E-state index in [0.717, 1.165) is 24.7 Å². The van der Waals surface area contributed by atoms with Crippen molar-refractivity contribution in [2.45, 2.75) is 26.8 Å². The van der Waals surface area contributed by atoms with Crippen LogP contribution in [-0.2, 0) is 13.6 Å². The zero-order valence-corrected chi connectivity index (χ0v) is 13.8. The van der Waals surface area contributed by atoms with Gasteiger partial charge in [0.15, 0.2) is 5.96 Å². The van der Waals surface area contributed by atoms with Gasteiger partial charge in [0.25, 0.3) is 0 Å². The Morgan fingerprint density at radius 1 is 1.44 bits per heavy atom. The molecule has 0 fully saturated rings. The number of hydrogen-bond acceptors (Lipinski definition) is 3. The van der Waals surface area contributed by atoms with E-state index < -0.39 is 0 Å². The van der Waals surface area contributed by atoms with Crippen molar-refractivity contribution in [3.8, 4) is 0 Å². The molecule has 0 spiro atoms. The van der Waals surface area contributed by atoms with Gasteiger partial charge in [-0.1, -0.05) is 13.8 Å². The SMILES string of the molecule is CN=C(NCCC(C)C)NCc1ncnn1C.I. The minimum Gasteiger partial charge on any atom is -0.356 e. The van der Waals surface area contributed by atoms with Crippen LogP contribution in [0.15, 0.2) is 11.3 Å². The second-order valence-corrected chi connectivity index (χ2v) is 4.33. The second-order valence-electron chi connectivity index (χ2n) is 4.33. The van der Waals surface area contributed by atoms with E-state index in [1.807, 2.05) is 7.05 Å². The molecule has 104 valence electrons. The van der Waals surface area contributed by atoms with Crippen molar-refractivity contribution in [2.24, 2.45) is 18.0 Å². The quantitative estimate of drug-likeness (QED) is 0.466. The lowest BCUT2D eigenvalue weighted by atomic mass is 10.1. The lowest BCUT2D eigenvalue weighted by Gasteiger charge is -2.12. The smallest absolute Gasteiger partial charge is 0.191 e. The first-order chi connectivity index (χ1) is 8.13. The van der Waals surface area contributed by atoms with Crippen LogP contribution in [0.25, 0.3) is 0 Å². The number of aryl methyl sites for hydroxylation is 1. The molecule has 0 aliphatic heterocycles. The highest BCUT2D eigenvalue weighted by atomic mass is 127. The molecule has 1 aromatic rings. The van der Waals surface area contributed by atoms with Crippen LogP contribution >= 0.6 is 24.0 Å². The van der Waals surface area contributed by atoms with E-state index in [1.54, 1.807) is 18.1 Å². The molecule has 18 heavy (non-hydrogen) atoms. The largest absolute Gasteiger partial charge is 0.356 e. The maximum Gasteiger partial charge on any atom is 0.191 e. The lowest BCUT2D eigenvalue weighted by Crippen LogP contribution is -2.38. The molecule has 0 aliphatic rings. The van der Waals surface area contributed by atoms with Gasteiger partial charge in [0.1, 0.15) is 12.2 Å². The fourth-order valence-electron chi connectivity index (χ4n) is 1.34. The molecule has 0 saturated heterocycles. The Morgan fingerprint density at radius 3 is 2.67 bits per heavy atom. The fourth-order valence-corrected chi connectivity index (χ4v) is 1.34. The highest BCUT2D eigenvalue weighted by molar-refractivity contribution is 14.0. The summed E-state index contributed by atoms with van der Waals surface area (Å²) in [7, 11) is 3.64. The van der Waals surface area contributed by atoms with Crippen LogP contribution in [-0.4, -0.2) is 34.3 Å². The first kappa shape index (κ1) is 17.1. The van der Waals surface area contributed by atoms with Crippen molar-refractivity contribution >= 4 is 29.9 Å². The number of guanidine groups is 1. The average Bonchev–Trinajstić information content (AvgIpc) is 2.68. The third-order valence-corrected chi connectivity index (χ3v) is 2.46. The Balaban J connectivity index is 0.00000289. The Kier molecular flexibility index (Phi) is 8.69. The molecule has 0 unspecified atom stereocenters. The summed E-state index contributed by atoms with van der Waals surface area (Å²) < 4.78 is 1.74. The van der Waals surface area contributed by atoms with Crippen molar-refractivity contribution in [1.29, 1.82) is 0 Å². The van der Waals surface area contributed by atoms with E-state index in [9.17, 15) is 0 Å². The number of aromatic nitrogens is 3. The normalized spacial score (nSPS) is 11.3. The number of nitrogens with one attached hydrogen (secondary N) is 2. The molecule has 1 rings (SSSR count). The van der Waals surface area contributed by atoms with Gasteiger partial charge in [0.05, 0.1) is 6.54 Å². The van der Waals surface area contributed by atoms with Gasteiger partial charge in [-0.15, -0.1) is 24.0 Å². The van der Waals surface area contributed by atoms with E-state index in [2.05, 4.69) is 39.6 Å². The Bertz CT molecular complexity index is 360. The Morgan fingerprint density at radius 2 is 2.17 bits per heavy atom. The Hall–Kier alpha value is -0.860. The third-order valence-electron chi connectivity index (χ3n) is 2.46. The van der Waals surface area contributed by atoms with Crippen molar-refractivity contribution in [2.75, 3.05) is 13.6 Å². The highest BCUT2D eigenvalue weighted by Gasteiger charge is 2.02. The fraction of sp³-hybridized carbons (Fsp3) is 0.727. The molecule has 0 atom stereocenters. The first-order valence-corrected chi connectivity index (χ1v) is 5.91. The van der Waals surface area contributed by atoms with Gasteiger partial charge in [0, 0.05) is 20.6 Å². The Labute approximate surface area is 126 Å². The minimum atomic E-state index is 0. The molecular formula is C11H23IN6. The van der Waals surface area contributed by atoms with Gasteiger partial charge in [-0.3, -0.25) is 9.67 Å². The molecule has 0 bridgehead atoms. The van der Waals surface area contributed by atoms with Crippen LogP contribution in [0.3, 0.4) is 0 Å². The topological polar surface area (TPSA) is 67.1 Å². The summed E-state index contributed by atoms with van der Waals surface area (Å²) in [5.74, 6) is 2.38. The second kappa shape index (κ2) is 9.12. The molecule has 0 amide bonds. The molecule has 2 N–H and O–H groups in total. The minimum absolute atomic E-state index is 0. The summed E-state index contributed by atoms with van der Waals surface area (Å²) in [6.07, 6.45) is 2.68. The zero-order valence-electron chi connectivity index (χ0n) is 11.5. The highest BCUT2D eigenvalue weighted by Crippen LogP contribution is 1.96. The van der Waals surface area contributed by atoms with Crippen molar-refractivity contribution in [1.82, 2.24) is 25.4 Å². The number of halogens is 1. The van der Waals surface area contributed by atoms with Crippen LogP contribution in [0.4, 0.5) is 0 Å². The average molecular weight is 366 g/mol. The third kappa shape index (κ3) is 6.18. The number of nitrogens with zero attached hydrogens (tertiary/aromatic N) is 4. The van der Waals surface area contributed by atoms with Crippen LogP contribution in [0.1, 0.15) is 26.1 Å². The zero-order chi connectivity index (χ0) is 12.7. The van der Waals surface area contributed by atoms with Crippen molar-refractivity contribution in [3.63, 3.8) is 0 Å². The molecule has 6 nitrogen and oxygen atoms in total. The first-order valence-electron chi connectivity index (χ1n) is 5.91. The lowest BCUT2D eigenvalue weighted by molar-refractivity contribution is 0.572. The predicted octanol–water partition coefficient (Wildman–Crippen LogP) is 1.14. The monoisotopic (exact) mass is 366 g/mol. The summed E-state index contributed by atoms with van der Waals surface area (Å²) in [5, 5.41) is 10.5. The van der Waals surface area contributed by atoms with Crippen LogP contribution in [0.2, 0.25) is 0 Å². The van der Waals surface area contributed by atoms with E-state index in [1.165, 1.54) is 0 Å². The van der Waals surface area contributed by atoms with Crippen LogP contribution in [0, 0.1) is 5.92 Å². The van der Waals surface area contributed by atoms with Crippen LogP contribution in [0.5, 0.6) is 0 Å². The van der Waals surface area contributed by atoms with Gasteiger partial charge in [-0.25, -0.2) is 4.98 Å². The number of aliphatic imine (C=N–C) groups is 1. The van der Waals surface area contributed by atoms with E-state index in [-0.39, 0.29) is 24.0 Å². The van der Waals surface area contributed by atoms with Gasteiger partial charge in [-0.2, -0.15) is 5.10 Å². The number of hydrogen-bond donors (Lipinski definition) is 2. The molecule has 1 heterocycles. The van der Waals surface area contributed by atoms with Gasteiger partial charge < -0.3 is 10.6 Å². The maximum absolute atomic E-state index is 4.15. The van der Waals surface area contributed by atoms with E-state index in [4.69, 9.17) is 0 Å².